The molecule has 0 aromatic carbocycles. The molecule has 0 fully saturated rings. The standard InChI is InChI=1S/C5H7NO5/c1-2-11-3-4(5(7)8)6(9)10/h3H,2H2,1H3,(H,7,8). The molecule has 0 saturated carbocycles. The largest absolute Gasteiger partial charge is 0.494 e. The van der Waals surface area contributed by atoms with Crippen LogP contribution in [0.1, 0.15) is 6.92 Å². The molecule has 0 saturated heterocycles. The van der Waals surface area contributed by atoms with Gasteiger partial charge < -0.3 is 9.84 Å². The summed E-state index contributed by atoms with van der Waals surface area (Å²) < 4.78 is 4.43. The molecular formula is C5H7NO5. The van der Waals surface area contributed by atoms with Crippen LogP contribution >= 0.6 is 0 Å². The van der Waals surface area contributed by atoms with Crippen LogP contribution in [0.3, 0.4) is 0 Å². The minimum Gasteiger partial charge on any atom is -0.494 e. The number of ether oxygens (including phenoxy) is 1. The Balaban J connectivity index is 4.33. The van der Waals surface area contributed by atoms with Crippen LogP contribution in [-0.4, -0.2) is 22.6 Å². The summed E-state index contributed by atoms with van der Waals surface area (Å²) in [5.74, 6) is -1.61. The lowest BCUT2D eigenvalue weighted by molar-refractivity contribution is -0.422. The van der Waals surface area contributed by atoms with E-state index in [1.807, 2.05) is 0 Å². The molecule has 0 spiro atoms. The number of nitro groups is 1. The van der Waals surface area contributed by atoms with Gasteiger partial charge in [0.1, 0.15) is 0 Å². The molecule has 0 rings (SSSR count). The van der Waals surface area contributed by atoms with E-state index in [0.717, 1.165) is 0 Å². The summed E-state index contributed by atoms with van der Waals surface area (Å²) >= 11 is 0. The molecule has 0 aliphatic heterocycles. The SMILES string of the molecule is CCOC=C(C(=O)O)[N+](=O)[O-]. The van der Waals surface area contributed by atoms with Crippen molar-refractivity contribution in [3.8, 4) is 0 Å². The number of rotatable bonds is 4. The van der Waals surface area contributed by atoms with E-state index in [1.165, 1.54) is 0 Å². The van der Waals surface area contributed by atoms with Crippen molar-refractivity contribution in [2.24, 2.45) is 0 Å². The third-order valence-electron chi connectivity index (χ3n) is 0.777. The van der Waals surface area contributed by atoms with Gasteiger partial charge in [0.05, 0.1) is 11.5 Å². The fourth-order valence-electron chi connectivity index (χ4n) is 0.334. The van der Waals surface area contributed by atoms with Crippen molar-refractivity contribution in [1.82, 2.24) is 0 Å². The summed E-state index contributed by atoms with van der Waals surface area (Å²) in [5, 5.41) is 18.1. The van der Waals surface area contributed by atoms with Gasteiger partial charge >= 0.3 is 11.7 Å². The van der Waals surface area contributed by atoms with Crippen LogP contribution in [0.4, 0.5) is 0 Å². The molecular weight excluding hydrogens is 154 g/mol. The minimum absolute atomic E-state index is 0.199. The Labute approximate surface area is 62.2 Å². The van der Waals surface area contributed by atoms with Crippen LogP contribution in [0.5, 0.6) is 0 Å². The van der Waals surface area contributed by atoms with Crippen molar-refractivity contribution >= 4 is 5.97 Å². The van der Waals surface area contributed by atoms with Gasteiger partial charge in [0, 0.05) is 0 Å². The number of hydrogen-bond donors (Lipinski definition) is 1. The molecule has 0 aliphatic rings. The summed E-state index contributed by atoms with van der Waals surface area (Å²) in [6, 6.07) is 0. The first-order valence-corrected chi connectivity index (χ1v) is 2.79. The highest BCUT2D eigenvalue weighted by Crippen LogP contribution is 1.95. The van der Waals surface area contributed by atoms with E-state index in [1.54, 1.807) is 6.92 Å². The molecule has 0 aliphatic carbocycles. The van der Waals surface area contributed by atoms with E-state index >= 15 is 0 Å². The molecule has 11 heavy (non-hydrogen) atoms. The fraction of sp³-hybridized carbons (Fsp3) is 0.400. The lowest BCUT2D eigenvalue weighted by atomic mass is 10.5. The Kier molecular flexibility index (Phi) is 3.65. The van der Waals surface area contributed by atoms with Gasteiger partial charge in [-0.1, -0.05) is 0 Å². The van der Waals surface area contributed by atoms with Gasteiger partial charge in [-0.05, 0) is 6.92 Å². The zero-order chi connectivity index (χ0) is 8.85. The number of hydrogen-bond acceptors (Lipinski definition) is 4. The van der Waals surface area contributed by atoms with Gasteiger partial charge in [0.25, 0.3) is 0 Å². The molecule has 0 aromatic rings. The van der Waals surface area contributed by atoms with Crippen LogP contribution in [0.25, 0.3) is 0 Å². The Morgan fingerprint density at radius 1 is 1.82 bits per heavy atom. The van der Waals surface area contributed by atoms with E-state index in [4.69, 9.17) is 5.11 Å². The number of aliphatic carboxylic acids is 1. The maximum absolute atomic E-state index is 10.1. The minimum atomic E-state index is -1.61. The zero-order valence-electron chi connectivity index (χ0n) is 5.81. The van der Waals surface area contributed by atoms with E-state index in [-0.39, 0.29) is 6.61 Å². The average molecular weight is 161 g/mol. The quantitative estimate of drug-likeness (QED) is 0.276. The third-order valence-corrected chi connectivity index (χ3v) is 0.777. The van der Waals surface area contributed by atoms with Crippen molar-refractivity contribution in [3.63, 3.8) is 0 Å². The average Bonchev–Trinajstić information content (AvgIpc) is 1.87. The second-order valence-corrected chi connectivity index (χ2v) is 1.52. The van der Waals surface area contributed by atoms with Crippen LogP contribution in [0.15, 0.2) is 12.0 Å². The van der Waals surface area contributed by atoms with Gasteiger partial charge in [-0.15, -0.1) is 0 Å². The van der Waals surface area contributed by atoms with Crippen molar-refractivity contribution in [2.45, 2.75) is 6.92 Å². The number of carbonyl (C=O) groups is 1. The molecule has 0 heterocycles. The van der Waals surface area contributed by atoms with Gasteiger partial charge in [0.2, 0.25) is 0 Å². The van der Waals surface area contributed by atoms with E-state index in [2.05, 4.69) is 4.74 Å². The molecule has 0 amide bonds. The first kappa shape index (κ1) is 9.41. The van der Waals surface area contributed by atoms with E-state index in [0.29, 0.717) is 6.26 Å². The molecule has 0 unspecified atom stereocenters. The fourth-order valence-corrected chi connectivity index (χ4v) is 0.334. The first-order valence-electron chi connectivity index (χ1n) is 2.79. The molecule has 6 nitrogen and oxygen atoms in total. The highest BCUT2D eigenvalue weighted by molar-refractivity contribution is 5.83. The number of carboxylic acids is 1. The van der Waals surface area contributed by atoms with Gasteiger partial charge in [-0.25, -0.2) is 4.79 Å². The van der Waals surface area contributed by atoms with E-state index < -0.39 is 16.6 Å². The van der Waals surface area contributed by atoms with Gasteiger partial charge in [-0.2, -0.15) is 0 Å². The summed E-state index contributed by atoms with van der Waals surface area (Å²) in [4.78, 5) is 19.0. The monoisotopic (exact) mass is 161 g/mol. The van der Waals surface area contributed by atoms with Crippen molar-refractivity contribution in [3.05, 3.63) is 22.1 Å². The molecule has 6 heteroatoms. The molecule has 0 aromatic heterocycles. The Hall–Kier alpha value is -1.59. The molecule has 0 bridgehead atoms. The predicted molar refractivity (Wildman–Crippen MR) is 34.3 cm³/mol. The third kappa shape index (κ3) is 3.19. The summed E-state index contributed by atoms with van der Waals surface area (Å²) in [7, 11) is 0. The Bertz CT molecular complexity index is 181. The predicted octanol–water partition coefficient (Wildman–Crippen LogP) is 0.226. The molecule has 62 valence electrons. The zero-order valence-corrected chi connectivity index (χ0v) is 5.81. The smallest absolute Gasteiger partial charge is 0.410 e. The summed E-state index contributed by atoms with van der Waals surface area (Å²) in [5.41, 5.74) is -0.966. The lowest BCUT2D eigenvalue weighted by Crippen LogP contribution is -2.10. The summed E-state index contributed by atoms with van der Waals surface area (Å²) in [6.07, 6.45) is 0.613. The van der Waals surface area contributed by atoms with Gasteiger partial charge in [0.15, 0.2) is 6.26 Å². The van der Waals surface area contributed by atoms with E-state index in [9.17, 15) is 14.9 Å². The van der Waals surface area contributed by atoms with Crippen molar-refractivity contribution in [2.75, 3.05) is 6.61 Å². The second kappa shape index (κ2) is 4.26. The van der Waals surface area contributed by atoms with Crippen molar-refractivity contribution in [1.29, 1.82) is 0 Å². The van der Waals surface area contributed by atoms with Gasteiger partial charge in [-0.3, -0.25) is 10.1 Å². The highest BCUT2D eigenvalue weighted by atomic mass is 16.6. The maximum Gasteiger partial charge on any atom is 0.410 e. The van der Waals surface area contributed by atoms with Crippen LogP contribution in [0, 0.1) is 10.1 Å². The second-order valence-electron chi connectivity index (χ2n) is 1.52. The highest BCUT2D eigenvalue weighted by Gasteiger charge is 2.20. The normalized spacial score (nSPS) is 10.8. The lowest BCUT2D eigenvalue weighted by Gasteiger charge is -1.92. The Morgan fingerprint density at radius 2 is 2.36 bits per heavy atom. The van der Waals surface area contributed by atoms with Crippen LogP contribution < -0.4 is 0 Å². The topological polar surface area (TPSA) is 89.7 Å². The number of nitrogens with zero attached hydrogens (tertiary/aromatic N) is 1. The summed E-state index contributed by atoms with van der Waals surface area (Å²) in [6.45, 7) is 1.79. The Morgan fingerprint density at radius 3 is 2.64 bits per heavy atom. The number of carboxylic acid groups (broad SMARTS) is 1. The first-order chi connectivity index (χ1) is 5.09. The van der Waals surface area contributed by atoms with Crippen molar-refractivity contribution < 1.29 is 19.6 Å². The van der Waals surface area contributed by atoms with Crippen LogP contribution in [-0.2, 0) is 9.53 Å². The maximum atomic E-state index is 10.1. The van der Waals surface area contributed by atoms with Crippen LogP contribution in [0.2, 0.25) is 0 Å². The molecule has 0 atom stereocenters. The molecule has 0 radical (unpaired) electrons. The molecule has 1 N–H and O–H groups in total.